The third-order valence-corrected chi connectivity index (χ3v) is 4.16. The Morgan fingerprint density at radius 2 is 1.95 bits per heavy atom. The molecule has 1 aromatic heterocycles. The van der Waals surface area contributed by atoms with Gasteiger partial charge in [0.1, 0.15) is 5.69 Å². The van der Waals surface area contributed by atoms with Crippen LogP contribution in [0.3, 0.4) is 0 Å². The second-order valence-electron chi connectivity index (χ2n) is 5.33. The molecule has 1 aromatic carbocycles. The molecule has 0 bridgehead atoms. The van der Waals surface area contributed by atoms with Crippen molar-refractivity contribution in [3.05, 3.63) is 51.8 Å². The van der Waals surface area contributed by atoms with Crippen LogP contribution in [0.4, 0.5) is 0 Å². The van der Waals surface area contributed by atoms with Crippen molar-refractivity contribution < 1.29 is 4.79 Å². The number of carbonyl (C=O) groups is 1. The zero-order valence-corrected chi connectivity index (χ0v) is 12.3. The van der Waals surface area contributed by atoms with Crippen LogP contribution >= 0.6 is 11.6 Å². The highest BCUT2D eigenvalue weighted by atomic mass is 35.5. The van der Waals surface area contributed by atoms with Crippen molar-refractivity contribution in [2.45, 2.75) is 32.1 Å². The Morgan fingerprint density at radius 3 is 2.70 bits per heavy atom. The number of ketones is 1. The number of benzene rings is 1. The fourth-order valence-corrected chi connectivity index (χ4v) is 2.99. The molecule has 0 unspecified atom stereocenters. The summed E-state index contributed by atoms with van der Waals surface area (Å²) >= 11 is 5.86. The number of fused-ring (bicyclic) bond motifs is 1. The topological polar surface area (TPSA) is 34.9 Å². The molecule has 1 aliphatic carbocycles. The number of rotatable bonds is 3. The van der Waals surface area contributed by atoms with Gasteiger partial charge in [-0.3, -0.25) is 9.48 Å². The highest BCUT2D eigenvalue weighted by molar-refractivity contribution is 6.30. The summed E-state index contributed by atoms with van der Waals surface area (Å²) in [6, 6.07) is 7.43. The van der Waals surface area contributed by atoms with Crippen LogP contribution in [0.5, 0.6) is 0 Å². The van der Waals surface area contributed by atoms with Crippen molar-refractivity contribution in [3.8, 4) is 0 Å². The minimum absolute atomic E-state index is 0.103. The largest absolute Gasteiger partial charge is 0.292 e. The third kappa shape index (κ3) is 2.50. The van der Waals surface area contributed by atoms with Gasteiger partial charge in [0.15, 0.2) is 5.78 Å². The molecular formula is C16H17ClN2O. The van der Waals surface area contributed by atoms with Crippen LogP contribution in [0.1, 0.15) is 40.2 Å². The number of halogens is 1. The number of hydrogen-bond donors (Lipinski definition) is 0. The van der Waals surface area contributed by atoms with Crippen LogP contribution in [0.25, 0.3) is 0 Å². The number of nitrogens with zero attached hydrogens (tertiary/aromatic N) is 2. The van der Waals surface area contributed by atoms with Crippen molar-refractivity contribution in [2.75, 3.05) is 0 Å². The monoisotopic (exact) mass is 288 g/mol. The Hall–Kier alpha value is -1.61. The van der Waals surface area contributed by atoms with Gasteiger partial charge in [-0.1, -0.05) is 23.7 Å². The van der Waals surface area contributed by atoms with E-state index in [0.29, 0.717) is 17.1 Å². The van der Waals surface area contributed by atoms with Crippen LogP contribution < -0.4 is 0 Å². The maximum Gasteiger partial charge on any atom is 0.187 e. The number of hydrogen-bond acceptors (Lipinski definition) is 2. The summed E-state index contributed by atoms with van der Waals surface area (Å²) in [6.45, 7) is 0. The van der Waals surface area contributed by atoms with Crippen LogP contribution in [0.15, 0.2) is 24.3 Å². The maximum absolute atomic E-state index is 12.5. The fourth-order valence-electron chi connectivity index (χ4n) is 2.87. The molecule has 0 N–H and O–H groups in total. The van der Waals surface area contributed by atoms with E-state index in [1.165, 1.54) is 12.1 Å². The highest BCUT2D eigenvalue weighted by Gasteiger charge is 2.23. The lowest BCUT2D eigenvalue weighted by atomic mass is 9.93. The molecule has 4 heteroatoms. The van der Waals surface area contributed by atoms with Crippen molar-refractivity contribution >= 4 is 17.4 Å². The van der Waals surface area contributed by atoms with Gasteiger partial charge in [-0.05, 0) is 43.4 Å². The Kier molecular flexibility index (Phi) is 3.62. The number of carbonyl (C=O) groups excluding carboxylic acids is 1. The van der Waals surface area contributed by atoms with Crippen LogP contribution in [-0.4, -0.2) is 15.6 Å². The van der Waals surface area contributed by atoms with Crippen molar-refractivity contribution in [1.82, 2.24) is 9.78 Å². The molecule has 1 heterocycles. The smallest absolute Gasteiger partial charge is 0.187 e. The molecule has 104 valence electrons. The van der Waals surface area contributed by atoms with E-state index >= 15 is 0 Å². The highest BCUT2D eigenvalue weighted by Crippen LogP contribution is 2.25. The molecule has 0 saturated heterocycles. The Bertz CT molecular complexity index is 643. The Balaban J connectivity index is 1.86. The Labute approximate surface area is 123 Å². The molecule has 2 aromatic rings. The molecule has 0 radical (unpaired) electrons. The number of aromatic nitrogens is 2. The van der Waals surface area contributed by atoms with E-state index in [9.17, 15) is 4.79 Å². The molecule has 0 aliphatic heterocycles. The van der Waals surface area contributed by atoms with Crippen LogP contribution in [0, 0.1) is 0 Å². The molecule has 0 atom stereocenters. The van der Waals surface area contributed by atoms with E-state index in [-0.39, 0.29) is 5.78 Å². The lowest BCUT2D eigenvalue weighted by Crippen LogP contribution is -2.09. The average molecular weight is 289 g/mol. The van der Waals surface area contributed by atoms with Gasteiger partial charge >= 0.3 is 0 Å². The summed E-state index contributed by atoms with van der Waals surface area (Å²) in [5.41, 5.74) is 4.04. The quantitative estimate of drug-likeness (QED) is 0.812. The summed E-state index contributed by atoms with van der Waals surface area (Å²) in [6.07, 6.45) is 4.75. The van der Waals surface area contributed by atoms with Gasteiger partial charge in [0.25, 0.3) is 0 Å². The van der Waals surface area contributed by atoms with E-state index in [1.54, 1.807) is 0 Å². The zero-order chi connectivity index (χ0) is 14.1. The van der Waals surface area contributed by atoms with Gasteiger partial charge in [-0.15, -0.1) is 0 Å². The first-order chi connectivity index (χ1) is 9.65. The lowest BCUT2D eigenvalue weighted by molar-refractivity contribution is 0.0986. The number of Topliss-reactive ketones (excluding diaryl/α,β-unsaturated/α-hetero) is 1. The van der Waals surface area contributed by atoms with E-state index < -0.39 is 0 Å². The first-order valence-corrected chi connectivity index (χ1v) is 7.35. The molecular weight excluding hydrogens is 272 g/mol. The first kappa shape index (κ1) is 13.4. The summed E-state index contributed by atoms with van der Waals surface area (Å²) in [5, 5.41) is 5.14. The number of aryl methyl sites for hydroxylation is 1. The predicted octanol–water partition coefficient (Wildman–Crippen LogP) is 3.38. The average Bonchev–Trinajstić information content (AvgIpc) is 2.79. The van der Waals surface area contributed by atoms with Crippen molar-refractivity contribution in [1.29, 1.82) is 0 Å². The molecule has 0 spiro atoms. The van der Waals surface area contributed by atoms with Gasteiger partial charge in [0.05, 0.1) is 0 Å². The zero-order valence-electron chi connectivity index (χ0n) is 11.5. The van der Waals surface area contributed by atoms with Gasteiger partial charge in [-0.25, -0.2) is 0 Å². The fraction of sp³-hybridized carbons (Fsp3) is 0.375. The summed E-state index contributed by atoms with van der Waals surface area (Å²) in [7, 11) is 1.93. The third-order valence-electron chi connectivity index (χ3n) is 3.91. The van der Waals surface area contributed by atoms with Crippen molar-refractivity contribution in [2.24, 2.45) is 7.05 Å². The second kappa shape index (κ2) is 5.41. The first-order valence-electron chi connectivity index (χ1n) is 6.97. The molecule has 0 saturated carbocycles. The van der Waals surface area contributed by atoms with Crippen molar-refractivity contribution in [3.63, 3.8) is 0 Å². The SMILES string of the molecule is Cn1nc(C(=O)Cc2ccc(Cl)cc2)c2c1CCCC2. The molecule has 1 aliphatic rings. The molecule has 3 rings (SSSR count). The molecule has 0 amide bonds. The lowest BCUT2D eigenvalue weighted by Gasteiger charge is -2.12. The predicted molar refractivity (Wildman–Crippen MR) is 79.3 cm³/mol. The summed E-state index contributed by atoms with van der Waals surface area (Å²) in [5.74, 6) is 0.103. The normalized spacial score (nSPS) is 14.1. The summed E-state index contributed by atoms with van der Waals surface area (Å²) < 4.78 is 1.88. The molecule has 20 heavy (non-hydrogen) atoms. The second-order valence-corrected chi connectivity index (χ2v) is 5.77. The van der Waals surface area contributed by atoms with Gasteiger partial charge in [0.2, 0.25) is 0 Å². The van der Waals surface area contributed by atoms with Crippen LogP contribution in [0.2, 0.25) is 5.02 Å². The van der Waals surface area contributed by atoms with Gasteiger partial charge in [-0.2, -0.15) is 5.10 Å². The van der Waals surface area contributed by atoms with Gasteiger partial charge in [0, 0.05) is 29.7 Å². The minimum atomic E-state index is 0.103. The standard InChI is InChI=1S/C16H17ClN2O/c1-19-14-5-3-2-4-13(14)16(18-19)15(20)10-11-6-8-12(17)9-7-11/h6-9H,2-5,10H2,1H3. The van der Waals surface area contributed by atoms with E-state index in [4.69, 9.17) is 11.6 Å². The molecule has 0 fully saturated rings. The van der Waals surface area contributed by atoms with E-state index in [2.05, 4.69) is 5.10 Å². The van der Waals surface area contributed by atoms with Gasteiger partial charge < -0.3 is 0 Å². The summed E-state index contributed by atoms with van der Waals surface area (Å²) in [4.78, 5) is 12.5. The van der Waals surface area contributed by atoms with E-state index in [1.807, 2.05) is 36.0 Å². The van der Waals surface area contributed by atoms with Crippen LogP contribution in [-0.2, 0) is 26.3 Å². The molecule has 3 nitrogen and oxygen atoms in total. The Morgan fingerprint density at radius 1 is 1.25 bits per heavy atom. The maximum atomic E-state index is 12.5. The minimum Gasteiger partial charge on any atom is -0.292 e. The van der Waals surface area contributed by atoms with E-state index in [0.717, 1.165) is 30.4 Å².